The Kier molecular flexibility index (Phi) is 4.68. The molecule has 156 valence electrons. The van der Waals surface area contributed by atoms with Crippen molar-refractivity contribution in [3.63, 3.8) is 0 Å². The number of rotatable bonds is 4. The molecule has 2 aromatic carbocycles. The van der Waals surface area contributed by atoms with Crippen LogP contribution in [-0.4, -0.2) is 24.4 Å². The molecule has 0 spiro atoms. The number of aromatic hydroxyl groups is 1. The molecule has 0 atom stereocenters. The number of benzene rings is 2. The van der Waals surface area contributed by atoms with Crippen LogP contribution in [0.2, 0.25) is 0 Å². The zero-order valence-electron chi connectivity index (χ0n) is 17.7. The third kappa shape index (κ3) is 3.32. The van der Waals surface area contributed by atoms with Crippen molar-refractivity contribution in [2.75, 3.05) is 7.11 Å². The summed E-state index contributed by atoms with van der Waals surface area (Å²) in [5.74, 6) is 2.57. The number of nitrogens with zero attached hydrogens (tertiary/aromatic N) is 1. The lowest BCUT2D eigenvalue weighted by Crippen LogP contribution is -2.48. The zero-order valence-corrected chi connectivity index (χ0v) is 17.7. The minimum absolute atomic E-state index is 0.260. The van der Waals surface area contributed by atoms with Crippen LogP contribution in [-0.2, 0) is 10.2 Å². The number of ether oxygens (including phenoxy) is 1. The van der Waals surface area contributed by atoms with E-state index in [-0.39, 0.29) is 11.7 Å². The van der Waals surface area contributed by atoms with Crippen LogP contribution in [0.25, 0.3) is 0 Å². The van der Waals surface area contributed by atoms with Gasteiger partial charge in [0.1, 0.15) is 5.75 Å². The number of phenolic OH excluding ortho intramolecular Hbond substituents is 1. The molecule has 0 saturated heterocycles. The van der Waals surface area contributed by atoms with Crippen molar-refractivity contribution in [2.24, 2.45) is 22.7 Å². The van der Waals surface area contributed by atoms with Crippen LogP contribution in [0.3, 0.4) is 0 Å². The summed E-state index contributed by atoms with van der Waals surface area (Å²) in [5.41, 5.74) is 4.62. The van der Waals surface area contributed by atoms with Gasteiger partial charge in [0, 0.05) is 11.8 Å². The fourth-order valence-electron chi connectivity index (χ4n) is 6.64. The molecule has 4 heteroatoms. The maximum Gasteiger partial charge on any atom is 0.337 e. The second kappa shape index (κ2) is 7.26. The molecule has 1 N–H and O–H groups in total. The molecule has 4 fully saturated rings. The minimum atomic E-state index is -0.352. The van der Waals surface area contributed by atoms with Crippen molar-refractivity contribution in [3.8, 4) is 5.75 Å². The summed E-state index contributed by atoms with van der Waals surface area (Å²) in [6, 6.07) is 11.4. The Morgan fingerprint density at radius 1 is 1.07 bits per heavy atom. The highest BCUT2D eigenvalue weighted by Crippen LogP contribution is 2.60. The Labute approximate surface area is 178 Å². The number of phenols is 1. The van der Waals surface area contributed by atoms with E-state index in [1.807, 2.05) is 19.1 Å². The van der Waals surface area contributed by atoms with Crippen molar-refractivity contribution in [3.05, 3.63) is 58.7 Å². The van der Waals surface area contributed by atoms with E-state index in [2.05, 4.69) is 17.1 Å². The van der Waals surface area contributed by atoms with Gasteiger partial charge in [-0.25, -0.2) is 4.79 Å². The van der Waals surface area contributed by atoms with Crippen molar-refractivity contribution in [1.82, 2.24) is 0 Å². The fraction of sp³-hybridized carbons (Fsp3) is 0.462. The van der Waals surface area contributed by atoms with Gasteiger partial charge < -0.3 is 9.84 Å². The monoisotopic (exact) mass is 403 g/mol. The first kappa shape index (κ1) is 19.3. The molecular weight excluding hydrogens is 374 g/mol. The Morgan fingerprint density at radius 3 is 2.33 bits per heavy atom. The van der Waals surface area contributed by atoms with E-state index in [0.29, 0.717) is 11.0 Å². The van der Waals surface area contributed by atoms with Gasteiger partial charge in [-0.3, -0.25) is 4.99 Å². The number of aliphatic imine (C=N–C) groups is 1. The molecule has 0 unspecified atom stereocenters. The molecule has 0 heterocycles. The smallest absolute Gasteiger partial charge is 0.337 e. The van der Waals surface area contributed by atoms with E-state index in [9.17, 15) is 9.90 Å². The van der Waals surface area contributed by atoms with Crippen molar-refractivity contribution in [2.45, 2.75) is 50.9 Å². The molecular formula is C26H29NO3. The molecule has 4 aliphatic carbocycles. The van der Waals surface area contributed by atoms with Crippen molar-refractivity contribution < 1.29 is 14.6 Å². The molecule has 0 amide bonds. The van der Waals surface area contributed by atoms with Gasteiger partial charge in [-0.2, -0.15) is 0 Å². The van der Waals surface area contributed by atoms with E-state index in [0.717, 1.165) is 34.6 Å². The first-order valence-electron chi connectivity index (χ1n) is 11.0. The molecule has 0 radical (unpaired) electrons. The number of methoxy groups -OCH3 is 1. The number of esters is 1. The SMILES string of the molecule is COC(=O)c1ccc(N=Cc2cc(C34CC5CC(CC(C5)C3)C4)ccc2O)c(C)c1. The molecule has 4 bridgehead atoms. The molecule has 4 nitrogen and oxygen atoms in total. The quantitative estimate of drug-likeness (QED) is 0.526. The van der Waals surface area contributed by atoms with Gasteiger partial charge in [0.2, 0.25) is 0 Å². The summed E-state index contributed by atoms with van der Waals surface area (Å²) in [6.45, 7) is 1.92. The maximum atomic E-state index is 11.7. The zero-order chi connectivity index (χ0) is 20.9. The van der Waals surface area contributed by atoms with Gasteiger partial charge in [0.25, 0.3) is 0 Å². The van der Waals surface area contributed by atoms with E-state index < -0.39 is 0 Å². The van der Waals surface area contributed by atoms with E-state index in [4.69, 9.17) is 4.74 Å². The van der Waals surface area contributed by atoms with Crippen LogP contribution in [0, 0.1) is 24.7 Å². The number of carbonyl (C=O) groups is 1. The predicted molar refractivity (Wildman–Crippen MR) is 118 cm³/mol. The topological polar surface area (TPSA) is 58.9 Å². The van der Waals surface area contributed by atoms with Gasteiger partial charge in [-0.1, -0.05) is 6.07 Å². The van der Waals surface area contributed by atoms with Gasteiger partial charge in [0.05, 0.1) is 18.4 Å². The van der Waals surface area contributed by atoms with Gasteiger partial charge in [0.15, 0.2) is 0 Å². The lowest BCUT2D eigenvalue weighted by atomic mass is 9.48. The molecule has 0 aromatic heterocycles. The van der Waals surface area contributed by atoms with Crippen LogP contribution in [0.1, 0.15) is 65.6 Å². The molecule has 2 aromatic rings. The summed E-state index contributed by atoms with van der Waals surface area (Å²) in [6.07, 6.45) is 9.92. The van der Waals surface area contributed by atoms with Crippen LogP contribution < -0.4 is 0 Å². The Morgan fingerprint density at radius 2 is 1.73 bits per heavy atom. The van der Waals surface area contributed by atoms with Crippen molar-refractivity contribution in [1.29, 1.82) is 0 Å². The van der Waals surface area contributed by atoms with Crippen LogP contribution >= 0.6 is 0 Å². The number of carbonyl (C=O) groups excluding carboxylic acids is 1. The van der Waals surface area contributed by atoms with Crippen LogP contribution in [0.15, 0.2) is 41.4 Å². The standard InChI is InChI=1S/C26H29NO3/c1-16-7-20(25(29)30-2)3-5-23(16)27-15-21-11-22(4-6-24(21)28)26-12-17-8-18(13-26)10-19(9-17)14-26/h3-7,11,15,17-19,28H,8-10,12-14H2,1-2H3. The lowest BCUT2D eigenvalue weighted by molar-refractivity contribution is -0.00520. The second-order valence-electron chi connectivity index (χ2n) is 9.72. The highest BCUT2D eigenvalue weighted by molar-refractivity contribution is 5.91. The predicted octanol–water partition coefficient (Wildman–Crippen LogP) is 5.71. The fourth-order valence-corrected chi connectivity index (χ4v) is 6.64. The van der Waals surface area contributed by atoms with Gasteiger partial charge in [-0.15, -0.1) is 0 Å². The van der Waals surface area contributed by atoms with Crippen LogP contribution in [0.4, 0.5) is 5.69 Å². The Hall–Kier alpha value is -2.62. The first-order valence-corrected chi connectivity index (χ1v) is 11.0. The number of hydrogen-bond donors (Lipinski definition) is 1. The summed E-state index contributed by atoms with van der Waals surface area (Å²) in [5, 5.41) is 10.5. The lowest BCUT2D eigenvalue weighted by Gasteiger charge is -2.57. The summed E-state index contributed by atoms with van der Waals surface area (Å²) in [4.78, 5) is 16.3. The maximum absolute atomic E-state index is 11.7. The van der Waals surface area contributed by atoms with Gasteiger partial charge >= 0.3 is 5.97 Å². The van der Waals surface area contributed by atoms with Gasteiger partial charge in [-0.05, 0) is 110 Å². The third-order valence-corrected chi connectivity index (χ3v) is 7.64. The Bertz CT molecular complexity index is 988. The Balaban J connectivity index is 1.43. The van der Waals surface area contributed by atoms with Crippen LogP contribution in [0.5, 0.6) is 5.75 Å². The summed E-state index contributed by atoms with van der Waals surface area (Å²) < 4.78 is 4.78. The largest absolute Gasteiger partial charge is 0.507 e. The number of aryl methyl sites for hydroxylation is 1. The van der Waals surface area contributed by atoms with E-state index in [1.54, 1.807) is 18.3 Å². The highest BCUT2D eigenvalue weighted by Gasteiger charge is 2.51. The van der Waals surface area contributed by atoms with E-state index in [1.165, 1.54) is 51.2 Å². The van der Waals surface area contributed by atoms with Crippen molar-refractivity contribution >= 4 is 17.9 Å². The molecule has 0 aliphatic heterocycles. The number of hydrogen-bond acceptors (Lipinski definition) is 4. The minimum Gasteiger partial charge on any atom is -0.507 e. The molecule has 30 heavy (non-hydrogen) atoms. The molecule has 4 aliphatic rings. The molecule has 6 rings (SSSR count). The average Bonchev–Trinajstić information content (AvgIpc) is 2.72. The summed E-state index contributed by atoms with van der Waals surface area (Å²) in [7, 11) is 1.38. The first-order chi connectivity index (χ1) is 14.5. The average molecular weight is 404 g/mol. The highest BCUT2D eigenvalue weighted by atomic mass is 16.5. The van der Waals surface area contributed by atoms with E-state index >= 15 is 0 Å². The second-order valence-corrected chi connectivity index (χ2v) is 9.72. The normalized spacial score (nSPS) is 29.5. The third-order valence-electron chi connectivity index (χ3n) is 7.64. The molecule has 4 saturated carbocycles. The summed E-state index contributed by atoms with van der Waals surface area (Å²) >= 11 is 0.